The quantitative estimate of drug-likeness (QED) is 0.919. The molecule has 1 aliphatic rings. The third-order valence-corrected chi connectivity index (χ3v) is 5.57. The van der Waals surface area contributed by atoms with Crippen LogP contribution in [0, 0.1) is 5.82 Å². The first kappa shape index (κ1) is 17.0. The van der Waals surface area contributed by atoms with Gasteiger partial charge >= 0.3 is 6.03 Å². The molecule has 0 spiro atoms. The first-order valence-electron chi connectivity index (χ1n) is 8.47. The van der Waals surface area contributed by atoms with E-state index in [0.717, 1.165) is 41.3 Å². The molecule has 3 rings (SSSR count). The van der Waals surface area contributed by atoms with Crippen LogP contribution in [0.1, 0.15) is 26.7 Å². The molecule has 0 bridgehead atoms. The molecule has 0 radical (unpaired) electrons. The minimum atomic E-state index is -0.236. The van der Waals surface area contributed by atoms with Gasteiger partial charge in [0, 0.05) is 32.2 Å². The number of hydrogen-bond donors (Lipinski definition) is 1. The molecule has 1 N–H and O–H groups in total. The first-order chi connectivity index (χ1) is 11.6. The van der Waals surface area contributed by atoms with Crippen molar-refractivity contribution in [3.05, 3.63) is 24.0 Å². The minimum Gasteiger partial charge on any atom is -0.345 e. The number of nitrogens with zero attached hydrogens (tertiary/aromatic N) is 3. The summed E-state index contributed by atoms with van der Waals surface area (Å²) in [5, 5.41) is 3.98. The van der Waals surface area contributed by atoms with E-state index in [4.69, 9.17) is 0 Å². The van der Waals surface area contributed by atoms with Gasteiger partial charge in [-0.1, -0.05) is 25.2 Å². The third-order valence-electron chi connectivity index (χ3n) is 4.49. The molecule has 1 saturated heterocycles. The lowest BCUT2D eigenvalue weighted by Gasteiger charge is -2.35. The molecule has 5 nitrogen and oxygen atoms in total. The number of carbonyl (C=O) groups excluding carboxylic acids is 1. The molecule has 0 aliphatic carbocycles. The molecule has 0 atom stereocenters. The topological polar surface area (TPSA) is 48.5 Å². The molecule has 2 amide bonds. The highest BCUT2D eigenvalue weighted by Gasteiger charge is 2.24. The van der Waals surface area contributed by atoms with E-state index >= 15 is 0 Å². The van der Waals surface area contributed by atoms with Crippen LogP contribution in [0.2, 0.25) is 0 Å². The zero-order valence-electron chi connectivity index (χ0n) is 14.1. The molecule has 1 fully saturated rings. The van der Waals surface area contributed by atoms with Crippen molar-refractivity contribution < 1.29 is 9.18 Å². The van der Waals surface area contributed by atoms with Crippen LogP contribution in [0.3, 0.4) is 0 Å². The Hall–Kier alpha value is -1.89. The van der Waals surface area contributed by atoms with Crippen LogP contribution >= 0.6 is 11.3 Å². The Bertz CT molecular complexity index is 708. The van der Waals surface area contributed by atoms with E-state index in [-0.39, 0.29) is 17.9 Å². The van der Waals surface area contributed by atoms with Crippen molar-refractivity contribution in [3.63, 3.8) is 0 Å². The number of aromatic nitrogens is 1. The van der Waals surface area contributed by atoms with Crippen molar-refractivity contribution in [1.82, 2.24) is 15.2 Å². The van der Waals surface area contributed by atoms with Gasteiger partial charge in [-0.15, -0.1) is 0 Å². The Kier molecular flexibility index (Phi) is 5.18. The largest absolute Gasteiger partial charge is 0.345 e. The zero-order chi connectivity index (χ0) is 17.1. The van der Waals surface area contributed by atoms with Gasteiger partial charge in [-0.25, -0.2) is 14.2 Å². The lowest BCUT2D eigenvalue weighted by molar-refractivity contribution is 0.189. The van der Waals surface area contributed by atoms with E-state index in [1.807, 2.05) is 4.90 Å². The van der Waals surface area contributed by atoms with E-state index in [9.17, 15) is 9.18 Å². The maximum Gasteiger partial charge on any atom is 0.317 e. The Morgan fingerprint density at radius 2 is 2.00 bits per heavy atom. The van der Waals surface area contributed by atoms with Gasteiger partial charge in [-0.05, 0) is 31.0 Å². The molecule has 1 aliphatic heterocycles. The van der Waals surface area contributed by atoms with Crippen molar-refractivity contribution in [2.75, 3.05) is 31.1 Å². The van der Waals surface area contributed by atoms with Gasteiger partial charge in [0.05, 0.1) is 10.2 Å². The number of urea groups is 1. The number of halogens is 1. The van der Waals surface area contributed by atoms with E-state index in [1.54, 1.807) is 6.07 Å². The number of rotatable bonds is 4. The summed E-state index contributed by atoms with van der Waals surface area (Å²) in [6, 6.07) is 4.94. The lowest BCUT2D eigenvalue weighted by atomic mass is 10.2. The Labute approximate surface area is 145 Å². The summed E-state index contributed by atoms with van der Waals surface area (Å²) in [7, 11) is 0. The second-order valence-corrected chi connectivity index (χ2v) is 7.05. The average molecular weight is 350 g/mol. The maximum atomic E-state index is 13.3. The summed E-state index contributed by atoms with van der Waals surface area (Å²) in [5.41, 5.74) is 0.824. The predicted molar refractivity (Wildman–Crippen MR) is 96.3 cm³/mol. The fraction of sp³-hybridized carbons (Fsp3) is 0.529. The molecule has 1 aromatic heterocycles. The van der Waals surface area contributed by atoms with Crippen LogP contribution < -0.4 is 10.2 Å². The molecule has 2 heterocycles. The van der Waals surface area contributed by atoms with Crippen molar-refractivity contribution in [3.8, 4) is 0 Å². The van der Waals surface area contributed by atoms with Crippen LogP contribution in [0.4, 0.5) is 14.3 Å². The highest BCUT2D eigenvalue weighted by molar-refractivity contribution is 7.22. The molecular weight excluding hydrogens is 327 g/mol. The Balaban J connectivity index is 1.60. The molecule has 130 valence electrons. The van der Waals surface area contributed by atoms with E-state index in [2.05, 4.69) is 29.0 Å². The fourth-order valence-electron chi connectivity index (χ4n) is 2.88. The van der Waals surface area contributed by atoms with E-state index in [1.165, 1.54) is 23.5 Å². The third kappa shape index (κ3) is 3.61. The highest BCUT2D eigenvalue weighted by atomic mass is 32.1. The summed E-state index contributed by atoms with van der Waals surface area (Å²) in [5.74, 6) is -0.236. The summed E-state index contributed by atoms with van der Waals surface area (Å²) in [6.45, 7) is 7.02. The number of hydrogen-bond acceptors (Lipinski definition) is 4. The van der Waals surface area contributed by atoms with E-state index in [0.29, 0.717) is 13.1 Å². The van der Waals surface area contributed by atoms with Gasteiger partial charge in [0.2, 0.25) is 0 Å². The predicted octanol–water partition coefficient (Wildman–Crippen LogP) is 3.46. The van der Waals surface area contributed by atoms with Crippen molar-refractivity contribution in [2.45, 2.75) is 32.7 Å². The van der Waals surface area contributed by atoms with Crippen molar-refractivity contribution in [1.29, 1.82) is 0 Å². The number of anilines is 1. The smallest absolute Gasteiger partial charge is 0.317 e. The number of nitrogens with one attached hydrogen (secondary N) is 1. The summed E-state index contributed by atoms with van der Waals surface area (Å²) < 4.78 is 14.2. The van der Waals surface area contributed by atoms with Gasteiger partial charge in [0.1, 0.15) is 5.82 Å². The maximum absolute atomic E-state index is 13.3. The molecule has 0 saturated carbocycles. The molecule has 24 heavy (non-hydrogen) atoms. The SMILES string of the molecule is CCC(CC)NC(=O)N1CCN(c2nc3ccc(F)cc3s2)CC1. The summed E-state index contributed by atoms with van der Waals surface area (Å²) >= 11 is 1.50. The van der Waals surface area contributed by atoms with Crippen molar-refractivity contribution >= 4 is 32.7 Å². The average Bonchev–Trinajstić information content (AvgIpc) is 3.02. The minimum absolute atomic E-state index is 0.0229. The van der Waals surface area contributed by atoms with Crippen LogP contribution in [0.5, 0.6) is 0 Å². The van der Waals surface area contributed by atoms with Crippen LogP contribution in [-0.4, -0.2) is 48.1 Å². The second-order valence-electron chi connectivity index (χ2n) is 6.05. The van der Waals surface area contributed by atoms with Crippen LogP contribution in [0.25, 0.3) is 10.2 Å². The van der Waals surface area contributed by atoms with Gasteiger partial charge in [0.25, 0.3) is 0 Å². The fourth-order valence-corrected chi connectivity index (χ4v) is 3.92. The highest BCUT2D eigenvalue weighted by Crippen LogP contribution is 2.29. The molecule has 1 aromatic carbocycles. The first-order valence-corrected chi connectivity index (χ1v) is 9.28. The van der Waals surface area contributed by atoms with Gasteiger partial charge < -0.3 is 15.1 Å². The lowest BCUT2D eigenvalue weighted by Crippen LogP contribution is -2.53. The van der Waals surface area contributed by atoms with Gasteiger partial charge in [0.15, 0.2) is 5.13 Å². The Morgan fingerprint density at radius 3 is 2.67 bits per heavy atom. The number of fused-ring (bicyclic) bond motifs is 1. The second kappa shape index (κ2) is 7.34. The normalized spacial score (nSPS) is 15.3. The van der Waals surface area contributed by atoms with Crippen LogP contribution in [0.15, 0.2) is 18.2 Å². The number of thiazole rings is 1. The Morgan fingerprint density at radius 1 is 1.29 bits per heavy atom. The van der Waals surface area contributed by atoms with E-state index < -0.39 is 0 Å². The van der Waals surface area contributed by atoms with Crippen molar-refractivity contribution in [2.24, 2.45) is 0 Å². The molecular formula is C17H23FN4OS. The monoisotopic (exact) mass is 350 g/mol. The van der Waals surface area contributed by atoms with Gasteiger partial charge in [-0.2, -0.15) is 0 Å². The standard InChI is InChI=1S/C17H23FN4OS/c1-3-13(4-2)19-16(23)21-7-9-22(10-8-21)17-20-14-6-5-12(18)11-15(14)24-17/h5-6,11,13H,3-4,7-10H2,1-2H3,(H,19,23). The number of benzene rings is 1. The molecule has 7 heteroatoms. The number of amides is 2. The molecule has 2 aromatic rings. The van der Waals surface area contributed by atoms with Gasteiger partial charge in [-0.3, -0.25) is 0 Å². The zero-order valence-corrected chi connectivity index (χ0v) is 14.9. The molecule has 0 unspecified atom stereocenters. The summed E-state index contributed by atoms with van der Waals surface area (Å²) in [6.07, 6.45) is 1.90. The summed E-state index contributed by atoms with van der Waals surface area (Å²) in [4.78, 5) is 20.9. The number of piperazine rings is 1. The number of carbonyl (C=O) groups is 1. The van der Waals surface area contributed by atoms with Crippen LogP contribution in [-0.2, 0) is 0 Å².